The molecule has 0 amide bonds. The fourth-order valence-electron chi connectivity index (χ4n) is 0. The third-order valence-corrected chi connectivity index (χ3v) is 0. The molecule has 0 unspecified atom stereocenters. The Morgan fingerprint density at radius 1 is 0.900 bits per heavy atom. The van der Waals surface area contributed by atoms with Crippen molar-refractivity contribution in [1.29, 1.82) is 0 Å². The molecule has 4 N–H and O–H groups in total. The Kier molecular flexibility index (Phi) is 675. The molecule has 0 radical (unpaired) electrons. The first kappa shape index (κ1) is 49.8. The van der Waals surface area contributed by atoms with E-state index in [0.717, 1.165) is 10.7 Å². The molecule has 0 atom stereocenters. The minimum atomic E-state index is 0. The molecule has 0 aliphatic heterocycles. The molecule has 0 saturated heterocycles. The van der Waals surface area contributed by atoms with Crippen molar-refractivity contribution in [1.82, 2.24) is 0 Å². The van der Waals surface area contributed by atoms with Gasteiger partial charge >= 0.3 is 21.1 Å². The Labute approximate surface area is 85.3 Å². The zero-order chi connectivity index (χ0) is 5.41. The van der Waals surface area contributed by atoms with Gasteiger partial charge in [0.15, 0.2) is 0 Å². The van der Waals surface area contributed by atoms with Crippen LogP contribution in [0, 0.1) is 20.2 Å². The molecule has 0 spiro atoms. The van der Waals surface area contributed by atoms with Crippen LogP contribution in [0.2, 0.25) is 0 Å². The number of nitrogens with zero attached hydrogens (tertiary/aromatic N) is 2. The molecule has 0 fully saturated rings. The van der Waals surface area contributed by atoms with Crippen LogP contribution in [0.25, 0.3) is 12.3 Å². The Morgan fingerprint density at radius 3 is 0.900 bits per heavy atom. The Hall–Kier alpha value is 0.0966. The molecule has 0 saturated carbocycles. The number of rotatable bonds is 0. The van der Waals surface area contributed by atoms with Crippen LogP contribution in [0.15, 0.2) is 10.7 Å². The molecule has 70 valence electrons. The minimum Gasteiger partial charge on any atom is -0.693 e. The van der Waals surface area contributed by atoms with E-state index in [-0.39, 0.29) is 54.4 Å². The smallest absolute Gasteiger partial charge is 0.693 e. The average molecular weight is 514 g/mol. The quantitative estimate of drug-likeness (QED) is 0.355. The van der Waals surface area contributed by atoms with Crippen LogP contribution >= 0.6 is 0 Å². The zero-order valence-electron chi connectivity index (χ0n) is 4.31. The second-order valence-corrected chi connectivity index (χ2v) is 0.149. The van der Waals surface area contributed by atoms with Crippen molar-refractivity contribution >= 4 is 0 Å². The molecule has 0 rings (SSSR count). The standard InChI is InChI=1S/2HNO2.2H2N.2Pt/c2*2-1-3;;;;/h2*(H,2,3);2*1H2;;/q;;2*-1;;+2/p-2. The fraction of sp³-hybridized carbons (Fsp3) is 0. The molecule has 0 bridgehead atoms. The molecule has 0 aromatic rings. The van der Waals surface area contributed by atoms with Gasteiger partial charge in [-0.05, 0) is 0 Å². The normalized spacial score (nSPS) is 2.40. The third-order valence-electron chi connectivity index (χ3n) is 0. The maximum atomic E-state index is 8.00. The average Bonchev–Trinajstić information content (AvgIpc) is 1.39. The van der Waals surface area contributed by atoms with Gasteiger partial charge in [-0.2, -0.15) is 0 Å². The van der Waals surface area contributed by atoms with E-state index in [2.05, 4.69) is 0 Å². The van der Waals surface area contributed by atoms with Crippen molar-refractivity contribution in [2.75, 3.05) is 0 Å². The Bertz CT molecular complexity index is 36.2. The van der Waals surface area contributed by atoms with Gasteiger partial charge in [0.2, 0.25) is 0 Å². The van der Waals surface area contributed by atoms with Crippen LogP contribution in [-0.4, -0.2) is 0 Å². The molecule has 8 nitrogen and oxygen atoms in total. The van der Waals surface area contributed by atoms with Crippen molar-refractivity contribution < 1.29 is 42.1 Å². The van der Waals surface area contributed by atoms with Crippen LogP contribution in [0.3, 0.4) is 0 Å². The van der Waals surface area contributed by atoms with Crippen molar-refractivity contribution in [3.05, 3.63) is 32.5 Å². The summed E-state index contributed by atoms with van der Waals surface area (Å²) in [5, 5.41) is 18.0. The molecule has 0 aromatic carbocycles. The summed E-state index contributed by atoms with van der Waals surface area (Å²) in [7, 11) is 0. The fourth-order valence-corrected chi connectivity index (χ4v) is 0. The van der Waals surface area contributed by atoms with Gasteiger partial charge in [0.1, 0.15) is 0 Å². The summed E-state index contributed by atoms with van der Waals surface area (Å²) < 4.78 is 0. The van der Waals surface area contributed by atoms with Crippen molar-refractivity contribution in [2.24, 2.45) is 10.7 Å². The van der Waals surface area contributed by atoms with Crippen LogP contribution in [0.1, 0.15) is 0 Å². The number of hydrogen-bond donors (Lipinski definition) is 0. The molecule has 0 aromatic heterocycles. The minimum absolute atomic E-state index is 0. The van der Waals surface area contributed by atoms with Gasteiger partial charge in [-0.3, -0.25) is 0 Å². The van der Waals surface area contributed by atoms with E-state index in [0.29, 0.717) is 0 Å². The first-order valence-corrected chi connectivity index (χ1v) is 0.730. The van der Waals surface area contributed by atoms with E-state index in [1.807, 2.05) is 0 Å². The van der Waals surface area contributed by atoms with E-state index in [1.165, 1.54) is 0 Å². The first-order valence-electron chi connectivity index (χ1n) is 0.730. The zero-order valence-corrected chi connectivity index (χ0v) is 8.86. The van der Waals surface area contributed by atoms with Crippen molar-refractivity contribution in [2.45, 2.75) is 0 Å². The van der Waals surface area contributed by atoms with Crippen molar-refractivity contribution in [3.8, 4) is 0 Å². The molecule has 10 heteroatoms. The third kappa shape index (κ3) is 43700. The van der Waals surface area contributed by atoms with Crippen LogP contribution < -0.4 is 0 Å². The van der Waals surface area contributed by atoms with Gasteiger partial charge in [0.25, 0.3) is 0 Å². The predicted molar refractivity (Wildman–Crippen MR) is 28.9 cm³/mol. The van der Waals surface area contributed by atoms with Crippen LogP contribution in [-0.2, 0) is 42.1 Å². The van der Waals surface area contributed by atoms with Gasteiger partial charge in [0.05, 0.1) is 0 Å². The van der Waals surface area contributed by atoms with Crippen molar-refractivity contribution in [3.63, 3.8) is 0 Å². The first-order chi connectivity index (χ1) is 2.83. The monoisotopic (exact) mass is 514 g/mol. The molecule has 0 heterocycles. The summed E-state index contributed by atoms with van der Waals surface area (Å²) in [5.74, 6) is 0. The van der Waals surface area contributed by atoms with Gasteiger partial charge in [-0.1, -0.05) is 0 Å². The predicted octanol–water partition coefficient (Wildman–Crippen LogP) is 1.93. The summed E-state index contributed by atoms with van der Waals surface area (Å²) >= 11 is 0. The molecule has 0 aliphatic rings. The number of nitrogens with two attached hydrogens (primary N) is 2. The topological polar surface area (TPSA) is 172 Å². The van der Waals surface area contributed by atoms with E-state index in [9.17, 15) is 0 Å². The summed E-state index contributed by atoms with van der Waals surface area (Å²) in [6.07, 6.45) is 0. The Morgan fingerprint density at radius 2 is 0.900 bits per heavy atom. The maximum absolute atomic E-state index is 8.00. The van der Waals surface area contributed by atoms with Crippen LogP contribution in [0.4, 0.5) is 0 Å². The van der Waals surface area contributed by atoms with E-state index in [1.54, 1.807) is 0 Å². The molecular weight excluding hydrogens is 510 g/mol. The number of hydrogen-bond acceptors (Lipinski definition) is 6. The van der Waals surface area contributed by atoms with Gasteiger partial charge in [-0.25, -0.2) is 0 Å². The Balaban J connectivity index is -0.00000000571. The summed E-state index contributed by atoms with van der Waals surface area (Å²) in [5.41, 5.74) is 0. The molecule has 10 heavy (non-hydrogen) atoms. The summed E-state index contributed by atoms with van der Waals surface area (Å²) in [6, 6.07) is 0. The van der Waals surface area contributed by atoms with Gasteiger partial charge in [-0.15, -0.1) is 10.7 Å². The van der Waals surface area contributed by atoms with Crippen LogP contribution in [0.5, 0.6) is 0 Å². The van der Waals surface area contributed by atoms with Gasteiger partial charge in [0, 0.05) is 21.1 Å². The molecular formula is H4N4O4Pt2-2. The van der Waals surface area contributed by atoms with Gasteiger partial charge < -0.3 is 32.5 Å². The SMILES string of the molecule is O=N[O-].O=N[O-].[NH2-].[NH2-].[Pt+2].[Pt]. The van der Waals surface area contributed by atoms with E-state index >= 15 is 0 Å². The maximum Gasteiger partial charge on any atom is 2.00 e. The van der Waals surface area contributed by atoms with E-state index in [4.69, 9.17) is 20.2 Å². The second kappa shape index (κ2) is 136. The molecule has 0 aliphatic carbocycles. The largest absolute Gasteiger partial charge is 2.00 e. The summed E-state index contributed by atoms with van der Waals surface area (Å²) in [4.78, 5) is 16.0. The van der Waals surface area contributed by atoms with E-state index < -0.39 is 0 Å². The second-order valence-electron chi connectivity index (χ2n) is 0.149. The summed E-state index contributed by atoms with van der Waals surface area (Å²) in [6.45, 7) is 0.